The molecule has 5 N–H and O–H groups in total. The van der Waals surface area contributed by atoms with Gasteiger partial charge < -0.3 is 49.6 Å². The molecule has 0 amide bonds. The van der Waals surface area contributed by atoms with Gasteiger partial charge in [-0.15, -0.1) is 23.5 Å². The molecule has 0 unspecified atom stereocenters. The SMILES string of the molecule is CSc1ccc(Cc2cc([C@@H]3O[C@H](CO)[C@@H](O)[C@H](O)[C@H]3O)ccc2C)cc1.CSc1ccc(Cc2cc([C@@H]3O[C@H](COC(C)=O)[C@@H](C)[C@H](OC(C)=O)[C@H]3OC(C)=O)ccc2C)cc1.[Li+].[OH-]. The fourth-order valence-electron chi connectivity index (χ4n) is 7.84. The summed E-state index contributed by atoms with van der Waals surface area (Å²) < 4.78 is 28.6. The van der Waals surface area contributed by atoms with E-state index in [1.54, 1.807) is 23.5 Å². The van der Waals surface area contributed by atoms with Gasteiger partial charge in [-0.05, 0) is 108 Å². The van der Waals surface area contributed by atoms with Gasteiger partial charge in [-0.25, -0.2) is 0 Å². The Hall–Kier alpha value is -3.69. The fourth-order valence-corrected chi connectivity index (χ4v) is 8.66. The van der Waals surface area contributed by atoms with Crippen LogP contribution in [0.5, 0.6) is 0 Å². The van der Waals surface area contributed by atoms with E-state index in [0.29, 0.717) is 5.56 Å². The number of aliphatic hydroxyl groups is 4. The van der Waals surface area contributed by atoms with E-state index in [1.165, 1.54) is 41.7 Å². The zero-order valence-corrected chi connectivity index (χ0v) is 40.1. The van der Waals surface area contributed by atoms with Gasteiger partial charge in [0.15, 0.2) is 6.10 Å². The van der Waals surface area contributed by atoms with E-state index in [-0.39, 0.29) is 36.9 Å². The maximum atomic E-state index is 12.0. The topological polar surface area (TPSA) is 208 Å². The second kappa shape index (κ2) is 26.0. The van der Waals surface area contributed by atoms with Crippen LogP contribution < -0.4 is 18.9 Å². The van der Waals surface area contributed by atoms with E-state index in [1.807, 2.05) is 69.7 Å². The van der Waals surface area contributed by atoms with Gasteiger partial charge in [0, 0.05) is 36.5 Å². The number of ether oxygens (including phenoxy) is 5. The summed E-state index contributed by atoms with van der Waals surface area (Å²) >= 11 is 3.40. The number of thioether (sulfide) groups is 2. The number of esters is 3. The number of aryl methyl sites for hydroxylation is 2. The van der Waals surface area contributed by atoms with Crippen molar-refractivity contribution in [1.29, 1.82) is 0 Å². The predicted octanol–water partition coefficient (Wildman–Crippen LogP) is 3.46. The standard InChI is InChI=1S/C28H34O7S.C21H26O5S.Li.H2O/c1-16-7-10-22(14-23(16)13-21-8-11-24(36-6)12-9-21)27-28(34-20(5)31)26(33-19(4)30)17(2)25(35-27)15-32-18(3)29;1-12-3-6-14(21-20(25)19(24)18(23)17(11-22)26-21)10-15(12)9-13-4-7-16(27-2)8-5-13;;/h7-12,14,17,25-28H,13,15H2,1-6H3;3-8,10,17-25H,9,11H2,1-2H3;;1H2/q;;+1;/p-1/t17-,25-,26+,27+,28-;17-,18-,19+,20-,21+;;/m11../s1. The number of aliphatic hydroxyl groups excluding tert-OH is 4. The van der Waals surface area contributed by atoms with Crippen LogP contribution >= 0.6 is 23.5 Å². The van der Waals surface area contributed by atoms with Crippen molar-refractivity contribution in [3.63, 3.8) is 0 Å². The van der Waals surface area contributed by atoms with Crippen molar-refractivity contribution in [2.24, 2.45) is 5.92 Å². The van der Waals surface area contributed by atoms with E-state index in [2.05, 4.69) is 48.5 Å². The first-order valence-corrected chi connectivity index (χ1v) is 23.4. The molecular weight excluding hydrogens is 868 g/mol. The Balaban J connectivity index is 0.000000347. The minimum absolute atomic E-state index is 0. The van der Waals surface area contributed by atoms with Gasteiger partial charge >= 0.3 is 36.8 Å². The Morgan fingerprint density at radius 2 is 1.06 bits per heavy atom. The molecule has 10 atom stereocenters. The van der Waals surface area contributed by atoms with Gasteiger partial charge in [-0.3, -0.25) is 14.4 Å². The molecule has 2 saturated heterocycles. The second-order valence-corrected chi connectivity index (χ2v) is 17.8. The Morgan fingerprint density at radius 3 is 1.49 bits per heavy atom. The van der Waals surface area contributed by atoms with E-state index in [4.69, 9.17) is 23.7 Å². The molecular formula is C49H61LiO13S2. The molecule has 4 aromatic rings. The van der Waals surface area contributed by atoms with Gasteiger partial charge in [0.05, 0.1) is 12.7 Å². The van der Waals surface area contributed by atoms with Crippen LogP contribution in [0.25, 0.3) is 0 Å². The number of carbonyl (C=O) groups is 3. The minimum Gasteiger partial charge on any atom is -0.870 e. The molecule has 4 aromatic carbocycles. The van der Waals surface area contributed by atoms with E-state index in [0.717, 1.165) is 40.7 Å². The number of benzene rings is 4. The second-order valence-electron chi connectivity index (χ2n) is 16.1. The van der Waals surface area contributed by atoms with Crippen LogP contribution in [0.4, 0.5) is 0 Å². The van der Waals surface area contributed by atoms with Crippen molar-refractivity contribution in [2.75, 3.05) is 25.7 Å². The molecule has 0 bridgehead atoms. The summed E-state index contributed by atoms with van der Waals surface area (Å²) in [7, 11) is 0. The van der Waals surface area contributed by atoms with E-state index < -0.39 is 79.5 Å². The first-order valence-electron chi connectivity index (χ1n) is 20.9. The predicted molar refractivity (Wildman–Crippen MR) is 244 cm³/mol. The van der Waals surface area contributed by atoms with Crippen LogP contribution in [0.1, 0.15) is 84.4 Å². The van der Waals surface area contributed by atoms with Gasteiger partial charge in [0.25, 0.3) is 0 Å². The van der Waals surface area contributed by atoms with Gasteiger partial charge in [0.2, 0.25) is 0 Å². The summed E-state index contributed by atoms with van der Waals surface area (Å²) in [6.07, 6.45) is -3.03. The minimum atomic E-state index is -1.37. The van der Waals surface area contributed by atoms with Crippen LogP contribution in [0.3, 0.4) is 0 Å². The Labute approximate surface area is 402 Å². The van der Waals surface area contributed by atoms with E-state index >= 15 is 0 Å². The van der Waals surface area contributed by atoms with Crippen LogP contribution in [0, 0.1) is 19.8 Å². The zero-order valence-electron chi connectivity index (χ0n) is 38.5. The molecule has 2 aliphatic heterocycles. The molecule has 0 radical (unpaired) electrons. The summed E-state index contributed by atoms with van der Waals surface area (Å²) in [6, 6.07) is 28.6. The van der Waals surface area contributed by atoms with Gasteiger partial charge in [-0.1, -0.05) is 67.6 Å². The summed E-state index contributed by atoms with van der Waals surface area (Å²) in [5.41, 5.74) is 8.31. The smallest absolute Gasteiger partial charge is 0.870 e. The van der Waals surface area contributed by atoms with Crippen molar-refractivity contribution < 1.29 is 82.8 Å². The average Bonchev–Trinajstić information content (AvgIpc) is 3.26. The summed E-state index contributed by atoms with van der Waals surface area (Å²) in [6.45, 7) is 9.43. The first kappa shape index (κ1) is 55.6. The summed E-state index contributed by atoms with van der Waals surface area (Å²) in [4.78, 5) is 37.9. The molecule has 0 spiro atoms. The van der Waals surface area contributed by atoms with Crippen molar-refractivity contribution in [3.05, 3.63) is 129 Å². The first-order chi connectivity index (χ1) is 30.0. The molecule has 65 heavy (non-hydrogen) atoms. The fraction of sp³-hybridized carbons (Fsp3) is 0.449. The Kier molecular flexibility index (Phi) is 22.3. The quantitative estimate of drug-likeness (QED) is 0.0656. The molecule has 0 aromatic heterocycles. The third kappa shape index (κ3) is 14.9. The molecule has 2 heterocycles. The molecule has 16 heteroatoms. The number of hydrogen-bond acceptors (Lipinski definition) is 15. The molecule has 348 valence electrons. The Bertz CT molecular complexity index is 2150. The summed E-state index contributed by atoms with van der Waals surface area (Å²) in [5, 5.41) is 39.8. The van der Waals surface area contributed by atoms with Crippen LogP contribution in [-0.4, -0.2) is 112 Å². The maximum absolute atomic E-state index is 12.0. The van der Waals surface area contributed by atoms with Crippen molar-refractivity contribution in [3.8, 4) is 0 Å². The average molecular weight is 929 g/mol. The van der Waals surface area contributed by atoms with E-state index in [9.17, 15) is 34.8 Å². The third-order valence-electron chi connectivity index (χ3n) is 11.5. The van der Waals surface area contributed by atoms with Crippen LogP contribution in [-0.2, 0) is 50.9 Å². The molecule has 2 fully saturated rings. The van der Waals surface area contributed by atoms with Gasteiger partial charge in [-0.2, -0.15) is 0 Å². The number of hydrogen-bond donors (Lipinski definition) is 4. The van der Waals surface area contributed by atoms with Crippen LogP contribution in [0.2, 0.25) is 0 Å². The van der Waals surface area contributed by atoms with Crippen LogP contribution in [0.15, 0.2) is 94.7 Å². The Morgan fingerprint density at radius 1 is 0.615 bits per heavy atom. The number of carbonyl (C=O) groups excluding carboxylic acids is 3. The molecule has 6 rings (SSSR count). The monoisotopic (exact) mass is 928 g/mol. The molecule has 13 nitrogen and oxygen atoms in total. The summed E-state index contributed by atoms with van der Waals surface area (Å²) in [5.74, 6) is -1.81. The number of rotatable bonds is 13. The normalized spacial score (nSPS) is 24.8. The van der Waals surface area contributed by atoms with Crippen molar-refractivity contribution in [1.82, 2.24) is 0 Å². The largest absolute Gasteiger partial charge is 1.00 e. The van der Waals surface area contributed by atoms with Crippen molar-refractivity contribution in [2.45, 2.75) is 119 Å². The molecule has 0 saturated carbocycles. The van der Waals surface area contributed by atoms with Gasteiger partial charge in [0.1, 0.15) is 49.3 Å². The zero-order chi connectivity index (χ0) is 46.0. The maximum Gasteiger partial charge on any atom is 1.00 e. The third-order valence-corrected chi connectivity index (χ3v) is 13.0. The molecule has 2 aliphatic rings. The molecule has 0 aliphatic carbocycles. The van der Waals surface area contributed by atoms with Crippen molar-refractivity contribution >= 4 is 41.4 Å².